The summed E-state index contributed by atoms with van der Waals surface area (Å²) in [6.07, 6.45) is 17.7. The van der Waals surface area contributed by atoms with Crippen LogP contribution in [0.3, 0.4) is 0 Å². The average Bonchev–Trinajstić information content (AvgIpc) is 3.55. The van der Waals surface area contributed by atoms with Crippen molar-refractivity contribution in [2.75, 3.05) is 13.2 Å². The van der Waals surface area contributed by atoms with Gasteiger partial charge in [-0.1, -0.05) is 84.0 Å². The summed E-state index contributed by atoms with van der Waals surface area (Å²) in [6.45, 7) is 3.64. The standard InChI is InChI=1S/C25H40O4/c1-2-3-4-5-6-7-8-9-10-11-12-13-14-15-25(26)29-23-18-16-22(17-19-23)27-20-24-21-28-24/h16-19,24H,2-15,20-21H2,1H3. The predicted octanol–water partition coefficient (Wildman–Crippen LogP) is 6.85. The molecule has 1 saturated heterocycles. The Morgan fingerprint density at radius 1 is 0.828 bits per heavy atom. The third kappa shape index (κ3) is 12.6. The highest BCUT2D eigenvalue weighted by Crippen LogP contribution is 2.20. The molecular formula is C25H40O4. The lowest BCUT2D eigenvalue weighted by Gasteiger charge is -2.07. The molecule has 1 heterocycles. The van der Waals surface area contributed by atoms with Gasteiger partial charge in [-0.15, -0.1) is 0 Å². The lowest BCUT2D eigenvalue weighted by Crippen LogP contribution is -2.07. The van der Waals surface area contributed by atoms with E-state index in [0.717, 1.165) is 25.2 Å². The fourth-order valence-electron chi connectivity index (χ4n) is 3.43. The first kappa shape index (κ1) is 23.7. The molecule has 1 aliphatic rings. The molecule has 2 rings (SSSR count). The average molecular weight is 405 g/mol. The van der Waals surface area contributed by atoms with Gasteiger partial charge < -0.3 is 14.2 Å². The molecule has 0 amide bonds. The van der Waals surface area contributed by atoms with Gasteiger partial charge in [0.2, 0.25) is 0 Å². The molecule has 1 aromatic carbocycles. The van der Waals surface area contributed by atoms with Crippen LogP contribution in [0, 0.1) is 0 Å². The van der Waals surface area contributed by atoms with Crippen LogP contribution in [-0.4, -0.2) is 25.3 Å². The molecule has 1 aromatic rings. The number of hydrogen-bond donors (Lipinski definition) is 0. The van der Waals surface area contributed by atoms with Crippen LogP contribution in [0.1, 0.15) is 96.8 Å². The van der Waals surface area contributed by atoms with E-state index in [-0.39, 0.29) is 12.1 Å². The van der Waals surface area contributed by atoms with E-state index >= 15 is 0 Å². The zero-order chi connectivity index (χ0) is 20.6. The van der Waals surface area contributed by atoms with Gasteiger partial charge in [-0.3, -0.25) is 4.79 Å². The minimum atomic E-state index is -0.145. The van der Waals surface area contributed by atoms with Crippen molar-refractivity contribution in [1.29, 1.82) is 0 Å². The molecular weight excluding hydrogens is 364 g/mol. The number of hydrogen-bond acceptors (Lipinski definition) is 4. The van der Waals surface area contributed by atoms with Gasteiger partial charge in [0.25, 0.3) is 0 Å². The third-order valence-corrected chi connectivity index (χ3v) is 5.38. The van der Waals surface area contributed by atoms with Gasteiger partial charge in [0, 0.05) is 6.42 Å². The summed E-state index contributed by atoms with van der Waals surface area (Å²) >= 11 is 0. The van der Waals surface area contributed by atoms with Crippen LogP contribution >= 0.6 is 0 Å². The molecule has 1 fully saturated rings. The molecule has 1 aliphatic heterocycles. The number of benzene rings is 1. The SMILES string of the molecule is CCCCCCCCCCCCCCCC(=O)Oc1ccc(OCC2CO2)cc1. The Hall–Kier alpha value is -1.55. The van der Waals surface area contributed by atoms with Gasteiger partial charge in [0.15, 0.2) is 0 Å². The van der Waals surface area contributed by atoms with Gasteiger partial charge >= 0.3 is 5.97 Å². The smallest absolute Gasteiger partial charge is 0.311 e. The van der Waals surface area contributed by atoms with E-state index in [2.05, 4.69) is 6.92 Å². The van der Waals surface area contributed by atoms with Crippen molar-refractivity contribution >= 4 is 5.97 Å². The third-order valence-electron chi connectivity index (χ3n) is 5.38. The zero-order valence-electron chi connectivity index (χ0n) is 18.3. The maximum Gasteiger partial charge on any atom is 0.311 e. The largest absolute Gasteiger partial charge is 0.491 e. The van der Waals surface area contributed by atoms with E-state index in [1.54, 1.807) is 12.1 Å². The number of carbonyl (C=O) groups is 1. The molecule has 0 spiro atoms. The first-order valence-corrected chi connectivity index (χ1v) is 11.8. The fraction of sp³-hybridized carbons (Fsp3) is 0.720. The van der Waals surface area contributed by atoms with E-state index in [4.69, 9.17) is 14.2 Å². The molecule has 1 atom stereocenters. The van der Waals surface area contributed by atoms with E-state index in [9.17, 15) is 4.79 Å². The van der Waals surface area contributed by atoms with Crippen molar-refractivity contribution in [3.05, 3.63) is 24.3 Å². The fourth-order valence-corrected chi connectivity index (χ4v) is 3.43. The lowest BCUT2D eigenvalue weighted by atomic mass is 10.0. The Morgan fingerprint density at radius 2 is 1.31 bits per heavy atom. The highest BCUT2D eigenvalue weighted by atomic mass is 16.6. The number of epoxide rings is 1. The second kappa shape index (κ2) is 15.3. The molecule has 29 heavy (non-hydrogen) atoms. The number of rotatable bonds is 18. The van der Waals surface area contributed by atoms with E-state index < -0.39 is 0 Å². The number of esters is 1. The first-order valence-electron chi connectivity index (χ1n) is 11.8. The van der Waals surface area contributed by atoms with Crippen LogP contribution in [0.2, 0.25) is 0 Å². The molecule has 0 aromatic heterocycles. The number of unbranched alkanes of at least 4 members (excludes halogenated alkanes) is 12. The van der Waals surface area contributed by atoms with Crippen LogP contribution in [0.15, 0.2) is 24.3 Å². The summed E-state index contributed by atoms with van der Waals surface area (Å²) in [6, 6.07) is 7.22. The van der Waals surface area contributed by atoms with Crippen molar-refractivity contribution in [1.82, 2.24) is 0 Å². The zero-order valence-corrected chi connectivity index (χ0v) is 18.3. The van der Waals surface area contributed by atoms with Crippen molar-refractivity contribution in [3.63, 3.8) is 0 Å². The second-order valence-electron chi connectivity index (χ2n) is 8.20. The van der Waals surface area contributed by atoms with E-state index in [0.29, 0.717) is 18.8 Å². The van der Waals surface area contributed by atoms with Crippen molar-refractivity contribution in [2.24, 2.45) is 0 Å². The minimum absolute atomic E-state index is 0.145. The van der Waals surface area contributed by atoms with Crippen LogP contribution in [-0.2, 0) is 9.53 Å². The number of ether oxygens (including phenoxy) is 3. The van der Waals surface area contributed by atoms with Crippen molar-refractivity contribution in [2.45, 2.75) is 103 Å². The quantitative estimate of drug-likeness (QED) is 0.116. The molecule has 4 nitrogen and oxygen atoms in total. The Bertz CT molecular complexity index is 536. The van der Waals surface area contributed by atoms with Crippen molar-refractivity contribution in [3.8, 4) is 11.5 Å². The maximum absolute atomic E-state index is 12.0. The molecule has 0 bridgehead atoms. The molecule has 0 saturated carbocycles. The molecule has 1 unspecified atom stereocenters. The Kier molecular flexibility index (Phi) is 12.5. The van der Waals surface area contributed by atoms with Gasteiger partial charge in [0.05, 0.1) is 6.61 Å². The van der Waals surface area contributed by atoms with Gasteiger partial charge in [-0.05, 0) is 30.7 Å². The van der Waals surface area contributed by atoms with Crippen molar-refractivity contribution < 1.29 is 19.0 Å². The van der Waals surface area contributed by atoms with Crippen LogP contribution in [0.4, 0.5) is 0 Å². The summed E-state index contributed by atoms with van der Waals surface area (Å²) < 4.78 is 16.1. The van der Waals surface area contributed by atoms with Gasteiger partial charge in [0.1, 0.15) is 24.2 Å². The highest BCUT2D eigenvalue weighted by molar-refractivity contribution is 5.72. The Balaban J connectivity index is 1.38. The molecule has 4 heteroatoms. The molecule has 0 aliphatic carbocycles. The monoisotopic (exact) mass is 404 g/mol. The predicted molar refractivity (Wildman–Crippen MR) is 118 cm³/mol. The number of carbonyl (C=O) groups excluding carboxylic acids is 1. The van der Waals surface area contributed by atoms with Crippen LogP contribution in [0.25, 0.3) is 0 Å². The summed E-state index contributed by atoms with van der Waals surface area (Å²) in [7, 11) is 0. The Labute approximate surface area is 177 Å². The highest BCUT2D eigenvalue weighted by Gasteiger charge is 2.22. The summed E-state index contributed by atoms with van der Waals surface area (Å²) in [5, 5.41) is 0. The second-order valence-corrected chi connectivity index (χ2v) is 8.20. The molecule has 0 N–H and O–H groups in total. The Morgan fingerprint density at radius 3 is 1.83 bits per heavy atom. The molecule has 0 radical (unpaired) electrons. The minimum Gasteiger partial charge on any atom is -0.491 e. The van der Waals surface area contributed by atoms with Gasteiger partial charge in [-0.25, -0.2) is 0 Å². The van der Waals surface area contributed by atoms with E-state index in [1.165, 1.54) is 70.6 Å². The van der Waals surface area contributed by atoms with Gasteiger partial charge in [-0.2, -0.15) is 0 Å². The topological polar surface area (TPSA) is 48.1 Å². The van der Waals surface area contributed by atoms with E-state index in [1.807, 2.05) is 12.1 Å². The van der Waals surface area contributed by atoms with Crippen LogP contribution in [0.5, 0.6) is 11.5 Å². The summed E-state index contributed by atoms with van der Waals surface area (Å²) in [5.74, 6) is 1.21. The molecule has 164 valence electrons. The maximum atomic E-state index is 12.0. The lowest BCUT2D eigenvalue weighted by molar-refractivity contribution is -0.134. The summed E-state index contributed by atoms with van der Waals surface area (Å²) in [4.78, 5) is 12.0. The first-order chi connectivity index (χ1) is 14.3. The summed E-state index contributed by atoms with van der Waals surface area (Å²) in [5.41, 5.74) is 0. The van der Waals surface area contributed by atoms with Crippen LogP contribution < -0.4 is 9.47 Å². The normalized spacial score (nSPS) is 15.3.